The highest BCUT2D eigenvalue weighted by Gasteiger charge is 2.25. The van der Waals surface area contributed by atoms with Crippen LogP contribution in [0, 0.1) is 0 Å². The Kier molecular flexibility index (Phi) is 3.86. The molecule has 0 atom stereocenters. The van der Waals surface area contributed by atoms with E-state index in [0.717, 1.165) is 11.8 Å². The normalized spacial score (nSPS) is 16.5. The summed E-state index contributed by atoms with van der Waals surface area (Å²) in [5.74, 6) is -0.619. The van der Waals surface area contributed by atoms with Crippen LogP contribution in [-0.2, 0) is 9.59 Å². The molecule has 98 valence electrons. The Morgan fingerprint density at radius 1 is 1.37 bits per heavy atom. The zero-order chi connectivity index (χ0) is 13.8. The smallest absolute Gasteiger partial charge is 0.290 e. The number of amides is 3. The summed E-state index contributed by atoms with van der Waals surface area (Å²) in [6.45, 7) is -0.252. The fourth-order valence-electron chi connectivity index (χ4n) is 1.44. The number of hydrogen-bond acceptors (Lipinski definition) is 5. The molecule has 0 radical (unpaired) electrons. The van der Waals surface area contributed by atoms with Crippen molar-refractivity contribution in [1.82, 2.24) is 5.32 Å². The number of carbonyl (C=O) groups is 3. The van der Waals surface area contributed by atoms with Crippen molar-refractivity contribution in [3.05, 3.63) is 34.7 Å². The summed E-state index contributed by atoms with van der Waals surface area (Å²) in [6, 6.07) is 6.84. The highest BCUT2D eigenvalue weighted by Crippen LogP contribution is 2.28. The van der Waals surface area contributed by atoms with Crippen LogP contribution in [0.2, 0.25) is 0 Å². The maximum atomic E-state index is 11.4. The summed E-state index contributed by atoms with van der Waals surface area (Å²) < 4.78 is 5.23. The van der Waals surface area contributed by atoms with Crippen LogP contribution in [-0.4, -0.2) is 23.7 Å². The largest absolute Gasteiger partial charge is 0.483 e. The molecular weight excluding hydrogens is 268 g/mol. The molecule has 3 amide bonds. The first-order chi connectivity index (χ1) is 9.06. The number of benzene rings is 1. The predicted molar refractivity (Wildman–Crippen MR) is 70.2 cm³/mol. The number of para-hydroxylation sites is 1. The summed E-state index contributed by atoms with van der Waals surface area (Å²) in [6.07, 6.45) is 1.53. The summed E-state index contributed by atoms with van der Waals surface area (Å²) in [5, 5.41) is 1.75. The van der Waals surface area contributed by atoms with Gasteiger partial charge in [0.05, 0.1) is 4.91 Å². The summed E-state index contributed by atoms with van der Waals surface area (Å²) >= 11 is 0.816. The topological polar surface area (TPSA) is 98.5 Å². The molecule has 1 aliphatic rings. The predicted octanol–water partition coefficient (Wildman–Crippen LogP) is 0.875. The molecule has 0 unspecified atom stereocenters. The third kappa shape index (κ3) is 3.35. The molecule has 0 aromatic heterocycles. The first kappa shape index (κ1) is 13.2. The third-order valence-corrected chi connectivity index (χ3v) is 3.03. The van der Waals surface area contributed by atoms with Crippen molar-refractivity contribution in [2.45, 2.75) is 0 Å². The van der Waals surface area contributed by atoms with Gasteiger partial charge in [0, 0.05) is 5.56 Å². The van der Waals surface area contributed by atoms with Crippen LogP contribution in [0.4, 0.5) is 4.79 Å². The SMILES string of the molecule is NC(=O)COc1ccccc1C=C1SC(=O)NC1=O. The van der Waals surface area contributed by atoms with Crippen LogP contribution in [0.3, 0.4) is 0 Å². The zero-order valence-electron chi connectivity index (χ0n) is 9.71. The van der Waals surface area contributed by atoms with Gasteiger partial charge in [0.25, 0.3) is 17.1 Å². The lowest BCUT2D eigenvalue weighted by Crippen LogP contribution is -2.20. The fraction of sp³-hybridized carbons (Fsp3) is 0.0833. The van der Waals surface area contributed by atoms with Gasteiger partial charge < -0.3 is 10.5 Å². The molecule has 2 rings (SSSR count). The lowest BCUT2D eigenvalue weighted by atomic mass is 10.2. The van der Waals surface area contributed by atoms with E-state index in [2.05, 4.69) is 5.32 Å². The molecule has 1 aromatic rings. The van der Waals surface area contributed by atoms with E-state index in [9.17, 15) is 14.4 Å². The van der Waals surface area contributed by atoms with Crippen molar-refractivity contribution >= 4 is 34.9 Å². The quantitative estimate of drug-likeness (QED) is 0.796. The van der Waals surface area contributed by atoms with Crippen molar-refractivity contribution in [2.75, 3.05) is 6.61 Å². The monoisotopic (exact) mass is 278 g/mol. The van der Waals surface area contributed by atoms with Crippen LogP contribution < -0.4 is 15.8 Å². The molecule has 0 aliphatic carbocycles. The minimum atomic E-state index is -0.592. The number of primary amides is 1. The van der Waals surface area contributed by atoms with E-state index in [1.54, 1.807) is 24.3 Å². The lowest BCUT2D eigenvalue weighted by Gasteiger charge is -2.07. The number of imide groups is 1. The minimum Gasteiger partial charge on any atom is -0.483 e. The van der Waals surface area contributed by atoms with Crippen LogP contribution >= 0.6 is 11.8 Å². The molecule has 1 aromatic carbocycles. The van der Waals surface area contributed by atoms with Gasteiger partial charge in [0.1, 0.15) is 5.75 Å². The molecule has 0 spiro atoms. The molecule has 0 bridgehead atoms. The Hall–Kier alpha value is -2.28. The van der Waals surface area contributed by atoms with Gasteiger partial charge in [-0.3, -0.25) is 19.7 Å². The standard InChI is InChI=1S/C12H10N2O4S/c13-10(15)6-18-8-4-2-1-3-7(8)5-9-11(16)14-12(17)19-9/h1-5H,6H2,(H2,13,15)(H,14,16,17). The molecule has 1 saturated heterocycles. The van der Waals surface area contributed by atoms with Gasteiger partial charge in [0.2, 0.25) is 0 Å². The molecule has 19 heavy (non-hydrogen) atoms. The van der Waals surface area contributed by atoms with Gasteiger partial charge in [-0.05, 0) is 23.9 Å². The molecule has 6 nitrogen and oxygen atoms in total. The molecule has 1 heterocycles. The average Bonchev–Trinajstić information content (AvgIpc) is 2.67. The second-order valence-electron chi connectivity index (χ2n) is 3.65. The molecule has 3 N–H and O–H groups in total. The third-order valence-electron chi connectivity index (χ3n) is 2.22. The summed E-state index contributed by atoms with van der Waals surface area (Å²) in [5.41, 5.74) is 5.60. The maximum Gasteiger partial charge on any atom is 0.290 e. The summed E-state index contributed by atoms with van der Waals surface area (Å²) in [7, 11) is 0. The first-order valence-electron chi connectivity index (χ1n) is 5.31. The van der Waals surface area contributed by atoms with Crippen molar-refractivity contribution in [3.63, 3.8) is 0 Å². The highest BCUT2D eigenvalue weighted by atomic mass is 32.2. The van der Waals surface area contributed by atoms with Crippen molar-refractivity contribution in [3.8, 4) is 5.75 Å². The van der Waals surface area contributed by atoms with Crippen LogP contribution in [0.25, 0.3) is 6.08 Å². The zero-order valence-corrected chi connectivity index (χ0v) is 10.5. The Morgan fingerprint density at radius 2 is 2.11 bits per heavy atom. The van der Waals surface area contributed by atoms with Crippen LogP contribution in [0.5, 0.6) is 5.75 Å². The van der Waals surface area contributed by atoms with Crippen LogP contribution in [0.1, 0.15) is 5.56 Å². The number of rotatable bonds is 4. The number of ether oxygens (including phenoxy) is 1. The van der Waals surface area contributed by atoms with E-state index in [-0.39, 0.29) is 11.5 Å². The number of thioether (sulfide) groups is 1. The Morgan fingerprint density at radius 3 is 2.74 bits per heavy atom. The van der Waals surface area contributed by atoms with Gasteiger partial charge >= 0.3 is 0 Å². The first-order valence-corrected chi connectivity index (χ1v) is 6.13. The van der Waals surface area contributed by atoms with Gasteiger partial charge in [-0.25, -0.2) is 0 Å². The molecular formula is C12H10N2O4S. The van der Waals surface area contributed by atoms with Crippen molar-refractivity contribution in [2.24, 2.45) is 5.73 Å². The van der Waals surface area contributed by atoms with Crippen LogP contribution in [0.15, 0.2) is 29.2 Å². The van der Waals surface area contributed by atoms with Gasteiger partial charge in [0.15, 0.2) is 6.61 Å². The number of nitrogens with two attached hydrogens (primary N) is 1. The minimum absolute atomic E-state index is 0.252. The van der Waals surface area contributed by atoms with Gasteiger partial charge in [-0.1, -0.05) is 18.2 Å². The molecule has 0 saturated carbocycles. The molecule has 1 fully saturated rings. The van der Waals surface area contributed by atoms with E-state index >= 15 is 0 Å². The second kappa shape index (κ2) is 5.57. The van der Waals surface area contributed by atoms with Gasteiger partial charge in [-0.15, -0.1) is 0 Å². The van der Waals surface area contributed by atoms with E-state index in [1.807, 2.05) is 0 Å². The number of carbonyl (C=O) groups excluding carboxylic acids is 3. The second-order valence-corrected chi connectivity index (χ2v) is 4.66. The van der Waals surface area contributed by atoms with Crippen molar-refractivity contribution < 1.29 is 19.1 Å². The number of hydrogen-bond donors (Lipinski definition) is 2. The maximum absolute atomic E-state index is 11.4. The lowest BCUT2D eigenvalue weighted by molar-refractivity contribution is -0.120. The molecule has 7 heteroatoms. The van der Waals surface area contributed by atoms with E-state index in [1.165, 1.54) is 6.08 Å². The molecule has 1 aliphatic heterocycles. The Balaban J connectivity index is 2.25. The Bertz CT molecular complexity index is 583. The van der Waals surface area contributed by atoms with E-state index in [4.69, 9.17) is 10.5 Å². The van der Waals surface area contributed by atoms with Gasteiger partial charge in [-0.2, -0.15) is 0 Å². The Labute approximate surface area is 113 Å². The van der Waals surface area contributed by atoms with E-state index in [0.29, 0.717) is 11.3 Å². The number of nitrogens with one attached hydrogen (secondary N) is 1. The summed E-state index contributed by atoms with van der Waals surface area (Å²) in [4.78, 5) is 33.5. The van der Waals surface area contributed by atoms with Crippen molar-refractivity contribution in [1.29, 1.82) is 0 Å². The highest BCUT2D eigenvalue weighted by molar-refractivity contribution is 8.18. The fourth-order valence-corrected chi connectivity index (χ4v) is 2.12. The van der Waals surface area contributed by atoms with E-state index < -0.39 is 17.1 Å². The average molecular weight is 278 g/mol.